The van der Waals surface area contributed by atoms with E-state index in [0.717, 1.165) is 94.7 Å². The van der Waals surface area contributed by atoms with Gasteiger partial charge in [0.25, 0.3) is 0 Å². The van der Waals surface area contributed by atoms with Gasteiger partial charge in [-0.1, -0.05) is 51.3 Å². The second-order valence-corrected chi connectivity index (χ2v) is 15.7. The van der Waals surface area contributed by atoms with Crippen LogP contribution in [0.5, 0.6) is 17.2 Å². The Kier molecular flexibility index (Phi) is 17.4. The van der Waals surface area contributed by atoms with Gasteiger partial charge in [0.1, 0.15) is 31.3 Å². The summed E-state index contributed by atoms with van der Waals surface area (Å²) in [6.07, 6.45) is 8.75. The molecule has 0 bridgehead atoms. The van der Waals surface area contributed by atoms with E-state index < -0.39 is 12.1 Å². The molecule has 55 heavy (non-hydrogen) atoms. The van der Waals surface area contributed by atoms with Crippen molar-refractivity contribution in [1.29, 1.82) is 0 Å². The zero-order chi connectivity index (χ0) is 39.0. The van der Waals surface area contributed by atoms with E-state index in [0.29, 0.717) is 49.8 Å². The van der Waals surface area contributed by atoms with Gasteiger partial charge in [-0.15, -0.1) is 0 Å². The average Bonchev–Trinajstić information content (AvgIpc) is 3.22. The lowest BCUT2D eigenvalue weighted by Gasteiger charge is -2.42. The number of carbonyl (C=O) groups excluding carboxylic acids is 2. The first kappa shape index (κ1) is 42.8. The molecule has 2 saturated heterocycles. The highest BCUT2D eigenvalue weighted by molar-refractivity contribution is 5.86. The largest absolute Gasteiger partial charge is 0.493 e. The van der Waals surface area contributed by atoms with Gasteiger partial charge in [-0.3, -0.25) is 9.69 Å². The van der Waals surface area contributed by atoms with E-state index in [2.05, 4.69) is 18.7 Å². The molecule has 1 saturated carbocycles. The van der Waals surface area contributed by atoms with E-state index in [1.54, 1.807) is 21.3 Å². The first-order valence-electron chi connectivity index (χ1n) is 20.7. The van der Waals surface area contributed by atoms with Crippen LogP contribution in [0.15, 0.2) is 42.5 Å². The highest BCUT2D eigenvalue weighted by atomic mass is 16.7. The van der Waals surface area contributed by atoms with E-state index in [9.17, 15) is 9.59 Å². The SMILES string of the molecule is COCO[C@H](CC(C)C)[C@@H](C(=O)N1CCCC[C@H]1C(=O)O[C@H](CCc1ccc(OC)c(OC)c1)c1cccc(OCCN2CCOCC2)c1)C1CCCCC1. The van der Waals surface area contributed by atoms with Crippen molar-refractivity contribution in [3.05, 3.63) is 53.6 Å². The van der Waals surface area contributed by atoms with Gasteiger partial charge in [-0.2, -0.15) is 0 Å². The molecular weight excluding hydrogens is 700 g/mol. The van der Waals surface area contributed by atoms with Crippen LogP contribution in [0.25, 0.3) is 0 Å². The molecule has 0 spiro atoms. The summed E-state index contributed by atoms with van der Waals surface area (Å²) in [4.78, 5) is 33.6. The number of carbonyl (C=O) groups is 2. The Bertz CT molecular complexity index is 1460. The normalized spacial score (nSPS) is 20.1. The number of piperidine rings is 1. The van der Waals surface area contributed by atoms with E-state index >= 15 is 0 Å². The number of likely N-dealkylation sites (tertiary alicyclic amines) is 1. The molecule has 3 fully saturated rings. The van der Waals surface area contributed by atoms with E-state index in [1.807, 2.05) is 47.4 Å². The Hall–Kier alpha value is -3.38. The number of rotatable bonds is 20. The van der Waals surface area contributed by atoms with Crippen molar-refractivity contribution in [2.24, 2.45) is 17.8 Å². The zero-order valence-corrected chi connectivity index (χ0v) is 34.0. The standard InChI is InChI=1S/C44H66N2O9/c1-32(2)28-41(54-31-49-3)42(34-12-7-6-8-13-34)43(47)46-21-10-9-16-37(46)44(48)55-38(19-17-33-18-20-39(50-4)40(29-33)51-5)35-14-11-15-36(30-35)53-27-24-45-22-25-52-26-23-45/h11,14-15,18,20,29-30,32,34,37-38,41-42H,6-10,12-13,16-17,19,21-28,31H2,1-5H3/t37-,38+,41+,42-/m0/s1. The van der Waals surface area contributed by atoms with Crippen LogP contribution in [0.1, 0.15) is 95.3 Å². The van der Waals surface area contributed by atoms with Crippen LogP contribution in [0.3, 0.4) is 0 Å². The van der Waals surface area contributed by atoms with Crippen molar-refractivity contribution in [3.63, 3.8) is 0 Å². The minimum Gasteiger partial charge on any atom is -0.493 e. The minimum absolute atomic E-state index is 0.0212. The molecule has 3 aliphatic rings. The van der Waals surface area contributed by atoms with Crippen LogP contribution < -0.4 is 14.2 Å². The second-order valence-electron chi connectivity index (χ2n) is 15.7. The van der Waals surface area contributed by atoms with Gasteiger partial charge in [-0.25, -0.2) is 4.79 Å². The van der Waals surface area contributed by atoms with Gasteiger partial charge in [0.2, 0.25) is 5.91 Å². The van der Waals surface area contributed by atoms with Gasteiger partial charge < -0.3 is 38.1 Å². The summed E-state index contributed by atoms with van der Waals surface area (Å²) in [5, 5.41) is 0. The second kappa shape index (κ2) is 22.4. The number of benzene rings is 2. The van der Waals surface area contributed by atoms with Crippen LogP contribution in [0.2, 0.25) is 0 Å². The van der Waals surface area contributed by atoms with Crippen molar-refractivity contribution in [3.8, 4) is 17.2 Å². The summed E-state index contributed by atoms with van der Waals surface area (Å²) in [5.74, 6) is 1.92. The summed E-state index contributed by atoms with van der Waals surface area (Å²) in [6, 6.07) is 13.1. The third-order valence-electron chi connectivity index (χ3n) is 11.4. The van der Waals surface area contributed by atoms with Gasteiger partial charge in [-0.05, 0) is 98.6 Å². The summed E-state index contributed by atoms with van der Waals surface area (Å²) < 4.78 is 40.9. The molecule has 11 nitrogen and oxygen atoms in total. The molecule has 2 aromatic carbocycles. The van der Waals surface area contributed by atoms with E-state index in [1.165, 1.54) is 6.42 Å². The Morgan fingerprint density at radius 3 is 2.36 bits per heavy atom. The van der Waals surface area contributed by atoms with Crippen molar-refractivity contribution < 1.29 is 42.7 Å². The molecular formula is C44H66N2O9. The van der Waals surface area contributed by atoms with Crippen molar-refractivity contribution >= 4 is 11.9 Å². The molecule has 5 rings (SSSR count). The third-order valence-corrected chi connectivity index (χ3v) is 11.4. The number of hydrogen-bond acceptors (Lipinski definition) is 10. The molecule has 4 atom stereocenters. The summed E-state index contributed by atoms with van der Waals surface area (Å²) in [6.45, 7) is 9.65. The third kappa shape index (κ3) is 12.6. The lowest BCUT2D eigenvalue weighted by molar-refractivity contribution is -0.169. The Morgan fingerprint density at radius 2 is 1.64 bits per heavy atom. The van der Waals surface area contributed by atoms with Crippen LogP contribution in [0, 0.1) is 17.8 Å². The Labute approximate surface area is 329 Å². The molecule has 0 aromatic heterocycles. The first-order valence-corrected chi connectivity index (χ1v) is 20.7. The number of methoxy groups -OCH3 is 3. The molecule has 2 heterocycles. The quantitative estimate of drug-likeness (QED) is 0.101. The maximum atomic E-state index is 14.9. The van der Waals surface area contributed by atoms with Gasteiger partial charge in [0.15, 0.2) is 11.5 Å². The number of ether oxygens (including phenoxy) is 7. The lowest BCUT2D eigenvalue weighted by Crippen LogP contribution is -2.54. The van der Waals surface area contributed by atoms with Crippen LogP contribution in [0.4, 0.5) is 0 Å². The monoisotopic (exact) mass is 766 g/mol. The van der Waals surface area contributed by atoms with E-state index in [4.69, 9.17) is 33.2 Å². The number of aryl methyl sites for hydroxylation is 1. The van der Waals surface area contributed by atoms with E-state index in [-0.39, 0.29) is 36.6 Å². The highest BCUT2D eigenvalue weighted by Crippen LogP contribution is 2.38. The molecule has 11 heteroatoms. The average molecular weight is 767 g/mol. The maximum Gasteiger partial charge on any atom is 0.329 e. The zero-order valence-electron chi connectivity index (χ0n) is 34.0. The lowest BCUT2D eigenvalue weighted by atomic mass is 9.74. The smallest absolute Gasteiger partial charge is 0.329 e. The predicted molar refractivity (Wildman–Crippen MR) is 212 cm³/mol. The molecule has 1 amide bonds. The van der Waals surface area contributed by atoms with Crippen LogP contribution in [-0.2, 0) is 35.0 Å². The fourth-order valence-corrected chi connectivity index (χ4v) is 8.50. The van der Waals surface area contributed by atoms with Gasteiger partial charge in [0.05, 0.1) is 39.5 Å². The fraction of sp³-hybridized carbons (Fsp3) is 0.682. The summed E-state index contributed by atoms with van der Waals surface area (Å²) in [5.41, 5.74) is 1.89. The number of nitrogens with zero attached hydrogens (tertiary/aromatic N) is 2. The molecule has 0 unspecified atom stereocenters. The molecule has 306 valence electrons. The fourth-order valence-electron chi connectivity index (χ4n) is 8.50. The molecule has 2 aliphatic heterocycles. The Balaban J connectivity index is 1.37. The number of esters is 1. The summed E-state index contributed by atoms with van der Waals surface area (Å²) >= 11 is 0. The topological polar surface area (TPSA) is 105 Å². The Morgan fingerprint density at radius 1 is 0.873 bits per heavy atom. The molecule has 1 aliphatic carbocycles. The van der Waals surface area contributed by atoms with Crippen LogP contribution in [-0.4, -0.2) is 108 Å². The molecule has 0 N–H and O–H groups in total. The number of amides is 1. The highest BCUT2D eigenvalue weighted by Gasteiger charge is 2.44. The first-order chi connectivity index (χ1) is 26.8. The predicted octanol–water partition coefficient (Wildman–Crippen LogP) is 7.24. The van der Waals surface area contributed by atoms with Crippen molar-refractivity contribution in [2.75, 3.05) is 74.1 Å². The maximum absolute atomic E-state index is 14.9. The minimum atomic E-state index is -0.661. The van der Waals surface area contributed by atoms with Crippen LogP contribution >= 0.6 is 0 Å². The van der Waals surface area contributed by atoms with Gasteiger partial charge >= 0.3 is 5.97 Å². The van der Waals surface area contributed by atoms with Crippen molar-refractivity contribution in [1.82, 2.24) is 9.80 Å². The number of morpholine rings is 1. The number of hydrogen-bond donors (Lipinski definition) is 0. The van der Waals surface area contributed by atoms with Crippen molar-refractivity contribution in [2.45, 2.75) is 103 Å². The summed E-state index contributed by atoms with van der Waals surface area (Å²) in [7, 11) is 4.87. The van der Waals surface area contributed by atoms with Gasteiger partial charge in [0, 0.05) is 33.3 Å². The molecule has 2 aromatic rings. The molecule has 0 radical (unpaired) electrons.